The minimum atomic E-state index is -4.69. The van der Waals surface area contributed by atoms with Crippen LogP contribution in [0.2, 0.25) is 0 Å². The van der Waals surface area contributed by atoms with E-state index in [-0.39, 0.29) is 11.4 Å². The van der Waals surface area contributed by atoms with Crippen LogP contribution in [0.5, 0.6) is 5.75 Å². The number of anilines is 2. The van der Waals surface area contributed by atoms with Crippen molar-refractivity contribution in [1.82, 2.24) is 0 Å². The number of ether oxygens (including phenoxy) is 1. The van der Waals surface area contributed by atoms with Gasteiger partial charge in [-0.1, -0.05) is 0 Å². The predicted molar refractivity (Wildman–Crippen MR) is 85.5 cm³/mol. The smallest absolute Gasteiger partial charge is 0.416 e. The fourth-order valence-corrected chi connectivity index (χ4v) is 1.99. The zero-order chi connectivity index (χ0) is 19.5. The molecule has 7 nitrogen and oxygen atoms in total. The van der Waals surface area contributed by atoms with E-state index in [1.165, 1.54) is 31.2 Å². The maximum Gasteiger partial charge on any atom is 0.416 e. The summed E-state index contributed by atoms with van der Waals surface area (Å²) >= 11 is 0. The van der Waals surface area contributed by atoms with Gasteiger partial charge in [0.25, 0.3) is 5.69 Å². The lowest BCUT2D eigenvalue weighted by molar-refractivity contribution is -0.384. The van der Waals surface area contributed by atoms with E-state index in [1.807, 2.05) is 0 Å². The quantitative estimate of drug-likeness (QED) is 0.583. The maximum atomic E-state index is 12.7. The van der Waals surface area contributed by atoms with Crippen LogP contribution >= 0.6 is 0 Å². The molecular formula is C16H13F3N2O5. The SMILES string of the molecule is CC(Oc1ccc(Nc2ccc(C(F)(F)F)cc2[N+](=O)[O-])cc1)C(=O)O. The number of carboxylic acid groups (broad SMARTS) is 1. The number of aliphatic carboxylic acids is 1. The van der Waals surface area contributed by atoms with Gasteiger partial charge < -0.3 is 15.2 Å². The van der Waals surface area contributed by atoms with E-state index in [2.05, 4.69) is 5.32 Å². The van der Waals surface area contributed by atoms with Crippen molar-refractivity contribution in [3.8, 4) is 5.75 Å². The molecule has 0 aliphatic rings. The van der Waals surface area contributed by atoms with E-state index >= 15 is 0 Å². The summed E-state index contributed by atoms with van der Waals surface area (Å²) in [4.78, 5) is 20.9. The topological polar surface area (TPSA) is 102 Å². The first kappa shape index (κ1) is 19.0. The molecule has 2 rings (SSSR count). The molecule has 2 aromatic rings. The molecule has 0 saturated carbocycles. The summed E-state index contributed by atoms with van der Waals surface area (Å²) in [5.74, 6) is -0.889. The van der Waals surface area contributed by atoms with Crippen molar-refractivity contribution in [2.24, 2.45) is 0 Å². The zero-order valence-electron chi connectivity index (χ0n) is 13.3. The highest BCUT2D eigenvalue weighted by atomic mass is 19.4. The van der Waals surface area contributed by atoms with Gasteiger partial charge in [0.2, 0.25) is 0 Å². The number of carboxylic acids is 1. The number of benzene rings is 2. The van der Waals surface area contributed by atoms with Crippen molar-refractivity contribution < 1.29 is 32.7 Å². The molecule has 138 valence electrons. The molecule has 0 aromatic heterocycles. The Morgan fingerprint density at radius 2 is 1.85 bits per heavy atom. The molecule has 2 aromatic carbocycles. The number of halogens is 3. The van der Waals surface area contributed by atoms with Gasteiger partial charge >= 0.3 is 12.1 Å². The van der Waals surface area contributed by atoms with E-state index < -0.39 is 34.4 Å². The minimum Gasteiger partial charge on any atom is -0.479 e. The number of nitro benzene ring substituents is 1. The number of hydrogen-bond acceptors (Lipinski definition) is 5. The van der Waals surface area contributed by atoms with E-state index in [0.717, 1.165) is 12.1 Å². The lowest BCUT2D eigenvalue weighted by Crippen LogP contribution is -2.22. The lowest BCUT2D eigenvalue weighted by Gasteiger charge is -2.12. The summed E-state index contributed by atoms with van der Waals surface area (Å²) in [7, 11) is 0. The number of hydrogen-bond donors (Lipinski definition) is 2. The highest BCUT2D eigenvalue weighted by molar-refractivity contribution is 5.72. The molecule has 2 N–H and O–H groups in total. The molecule has 10 heteroatoms. The first-order valence-electron chi connectivity index (χ1n) is 7.20. The molecule has 0 amide bonds. The third-order valence-corrected chi connectivity index (χ3v) is 3.32. The summed E-state index contributed by atoms with van der Waals surface area (Å²) in [6, 6.07) is 7.92. The Labute approximate surface area is 145 Å². The van der Waals surface area contributed by atoms with E-state index in [4.69, 9.17) is 9.84 Å². The highest BCUT2D eigenvalue weighted by Crippen LogP contribution is 2.36. The second-order valence-electron chi connectivity index (χ2n) is 5.23. The van der Waals surface area contributed by atoms with E-state index in [9.17, 15) is 28.1 Å². The second-order valence-corrected chi connectivity index (χ2v) is 5.23. The van der Waals surface area contributed by atoms with Crippen molar-refractivity contribution in [1.29, 1.82) is 0 Å². The summed E-state index contributed by atoms with van der Waals surface area (Å²) < 4.78 is 43.2. The van der Waals surface area contributed by atoms with Crippen LogP contribution in [0.1, 0.15) is 12.5 Å². The van der Waals surface area contributed by atoms with Crippen molar-refractivity contribution in [2.75, 3.05) is 5.32 Å². The van der Waals surface area contributed by atoms with Crippen LogP contribution < -0.4 is 10.1 Å². The number of nitrogens with one attached hydrogen (secondary N) is 1. The molecule has 0 bridgehead atoms. The van der Waals surface area contributed by atoms with Crippen LogP contribution in [-0.2, 0) is 11.0 Å². The molecule has 0 fully saturated rings. The van der Waals surface area contributed by atoms with Crippen LogP contribution in [0, 0.1) is 10.1 Å². The van der Waals surface area contributed by atoms with Crippen LogP contribution in [0.4, 0.5) is 30.2 Å². The largest absolute Gasteiger partial charge is 0.479 e. The number of carbonyl (C=O) groups is 1. The van der Waals surface area contributed by atoms with Crippen molar-refractivity contribution >= 4 is 23.0 Å². The van der Waals surface area contributed by atoms with Gasteiger partial charge in [0, 0.05) is 11.8 Å². The Morgan fingerprint density at radius 1 is 1.23 bits per heavy atom. The fraction of sp³-hybridized carbons (Fsp3) is 0.188. The summed E-state index contributed by atoms with van der Waals surface area (Å²) in [6.45, 7) is 1.35. The van der Waals surface area contributed by atoms with Gasteiger partial charge in [0.05, 0.1) is 10.5 Å². The van der Waals surface area contributed by atoms with Gasteiger partial charge in [-0.2, -0.15) is 13.2 Å². The standard InChI is InChI=1S/C16H13F3N2O5/c1-9(15(22)23)26-12-5-3-11(4-6-12)20-13-7-2-10(16(17,18)19)8-14(13)21(24)25/h2-9,20H,1H3,(H,22,23). The number of alkyl halides is 3. The Balaban J connectivity index is 2.22. The second kappa shape index (κ2) is 7.30. The van der Waals surface area contributed by atoms with Gasteiger partial charge in [-0.25, -0.2) is 4.79 Å². The molecule has 0 spiro atoms. The van der Waals surface area contributed by atoms with Crippen molar-refractivity contribution in [3.63, 3.8) is 0 Å². The van der Waals surface area contributed by atoms with Gasteiger partial charge in [0.15, 0.2) is 6.10 Å². The summed E-state index contributed by atoms with van der Waals surface area (Å²) in [6.07, 6.45) is -5.76. The molecule has 0 radical (unpaired) electrons. The molecule has 0 heterocycles. The molecule has 1 unspecified atom stereocenters. The lowest BCUT2D eigenvalue weighted by atomic mass is 10.1. The maximum absolute atomic E-state index is 12.7. The molecule has 0 aliphatic heterocycles. The minimum absolute atomic E-state index is 0.115. The summed E-state index contributed by atoms with van der Waals surface area (Å²) in [5.41, 5.74) is -1.61. The number of rotatable bonds is 6. The van der Waals surface area contributed by atoms with Crippen LogP contribution in [0.3, 0.4) is 0 Å². The van der Waals surface area contributed by atoms with Gasteiger partial charge in [-0.3, -0.25) is 10.1 Å². The first-order valence-corrected chi connectivity index (χ1v) is 7.20. The Bertz CT molecular complexity index is 822. The molecule has 26 heavy (non-hydrogen) atoms. The van der Waals surface area contributed by atoms with E-state index in [0.29, 0.717) is 11.8 Å². The Morgan fingerprint density at radius 3 is 2.35 bits per heavy atom. The molecule has 1 atom stereocenters. The molecular weight excluding hydrogens is 357 g/mol. The highest BCUT2D eigenvalue weighted by Gasteiger charge is 2.33. The average molecular weight is 370 g/mol. The predicted octanol–water partition coefficient (Wildman–Crippen LogP) is 4.21. The van der Waals surface area contributed by atoms with Crippen molar-refractivity contribution in [3.05, 3.63) is 58.1 Å². The van der Waals surface area contributed by atoms with Crippen LogP contribution in [0.25, 0.3) is 0 Å². The van der Waals surface area contributed by atoms with Crippen LogP contribution in [-0.4, -0.2) is 22.1 Å². The normalized spacial score (nSPS) is 12.3. The Hall–Kier alpha value is -3.30. The third-order valence-electron chi connectivity index (χ3n) is 3.32. The van der Waals surface area contributed by atoms with Gasteiger partial charge in [0.1, 0.15) is 11.4 Å². The number of nitrogens with zero attached hydrogens (tertiary/aromatic N) is 1. The monoisotopic (exact) mass is 370 g/mol. The molecule has 0 aliphatic carbocycles. The van der Waals surface area contributed by atoms with Crippen LogP contribution in [0.15, 0.2) is 42.5 Å². The zero-order valence-corrected chi connectivity index (χ0v) is 13.3. The Kier molecular flexibility index (Phi) is 5.34. The van der Waals surface area contributed by atoms with Gasteiger partial charge in [-0.05, 0) is 43.3 Å². The van der Waals surface area contributed by atoms with E-state index in [1.54, 1.807) is 0 Å². The average Bonchev–Trinajstić information content (AvgIpc) is 2.55. The summed E-state index contributed by atoms with van der Waals surface area (Å²) in [5, 5.41) is 22.5. The fourth-order valence-electron chi connectivity index (χ4n) is 1.99. The van der Waals surface area contributed by atoms with Gasteiger partial charge in [-0.15, -0.1) is 0 Å². The first-order chi connectivity index (χ1) is 12.1. The third kappa shape index (κ3) is 4.62. The van der Waals surface area contributed by atoms with Crippen molar-refractivity contribution in [2.45, 2.75) is 19.2 Å². The molecule has 0 saturated heterocycles. The number of nitro groups is 1.